The summed E-state index contributed by atoms with van der Waals surface area (Å²) in [6.07, 6.45) is 4.82. The van der Waals surface area contributed by atoms with E-state index in [-0.39, 0.29) is 6.10 Å². The van der Waals surface area contributed by atoms with Crippen molar-refractivity contribution in [3.05, 3.63) is 0 Å². The van der Waals surface area contributed by atoms with E-state index in [1.807, 2.05) is 11.8 Å². The van der Waals surface area contributed by atoms with Crippen LogP contribution >= 0.6 is 11.8 Å². The van der Waals surface area contributed by atoms with E-state index in [1.54, 1.807) is 0 Å². The third-order valence-corrected chi connectivity index (χ3v) is 4.41. The fraction of sp³-hybridized carbons (Fsp3) is 0.941. The summed E-state index contributed by atoms with van der Waals surface area (Å²) in [4.78, 5) is 7.20. The zero-order valence-corrected chi connectivity index (χ0v) is 16.3. The third-order valence-electron chi connectivity index (χ3n) is 3.71. The maximum absolute atomic E-state index is 5.87. The topological polar surface area (TPSA) is 48.9 Å². The number of morpholine rings is 1. The number of hydrogen-bond donors (Lipinski definition) is 2. The molecule has 1 atom stereocenters. The van der Waals surface area contributed by atoms with E-state index in [9.17, 15) is 0 Å². The van der Waals surface area contributed by atoms with Gasteiger partial charge in [0.05, 0.1) is 19.3 Å². The van der Waals surface area contributed by atoms with Gasteiger partial charge >= 0.3 is 0 Å². The Balaban J connectivity index is 2.33. The molecule has 0 spiro atoms. The van der Waals surface area contributed by atoms with Crippen molar-refractivity contribution in [2.75, 3.05) is 57.9 Å². The number of guanidine groups is 1. The van der Waals surface area contributed by atoms with Gasteiger partial charge in [-0.3, -0.25) is 9.89 Å². The standard InChI is InChI=1S/C17H36N4OS/c1-5-18-17(19-8-6-7-11-23-4)20-12-16-14-21(9-10-22-16)13-15(2)3/h15-16H,5-14H2,1-4H3,(H2,18,19,20). The molecule has 1 heterocycles. The molecular weight excluding hydrogens is 308 g/mol. The zero-order chi connectivity index (χ0) is 16.9. The predicted octanol–water partition coefficient (Wildman–Crippen LogP) is 2.04. The molecule has 1 rings (SSSR count). The summed E-state index contributed by atoms with van der Waals surface area (Å²) >= 11 is 1.91. The van der Waals surface area contributed by atoms with Gasteiger partial charge in [0, 0.05) is 32.7 Å². The van der Waals surface area contributed by atoms with Gasteiger partial charge < -0.3 is 15.4 Å². The molecule has 0 amide bonds. The number of hydrogen-bond acceptors (Lipinski definition) is 4. The van der Waals surface area contributed by atoms with Gasteiger partial charge in [0.1, 0.15) is 0 Å². The van der Waals surface area contributed by atoms with Crippen LogP contribution in [0.3, 0.4) is 0 Å². The molecule has 0 aromatic heterocycles. The second kappa shape index (κ2) is 12.9. The summed E-state index contributed by atoms with van der Waals surface area (Å²) in [6.45, 7) is 13.3. The Kier molecular flexibility index (Phi) is 11.5. The van der Waals surface area contributed by atoms with E-state index in [2.05, 4.69) is 42.6 Å². The average Bonchev–Trinajstić information content (AvgIpc) is 2.52. The molecule has 1 aliphatic heterocycles. The van der Waals surface area contributed by atoms with Gasteiger partial charge in [-0.15, -0.1) is 0 Å². The second-order valence-corrected chi connectivity index (χ2v) is 7.48. The van der Waals surface area contributed by atoms with E-state index in [4.69, 9.17) is 9.73 Å². The number of unbranched alkanes of at least 4 members (excludes halogenated alkanes) is 1. The van der Waals surface area contributed by atoms with E-state index in [1.165, 1.54) is 18.6 Å². The van der Waals surface area contributed by atoms with Crippen LogP contribution in [0.1, 0.15) is 33.6 Å². The number of nitrogens with one attached hydrogen (secondary N) is 2. The molecule has 0 saturated carbocycles. The molecule has 0 aromatic carbocycles. The Hall–Kier alpha value is -0.460. The Morgan fingerprint density at radius 1 is 1.35 bits per heavy atom. The van der Waals surface area contributed by atoms with Crippen LogP contribution in [0.4, 0.5) is 0 Å². The van der Waals surface area contributed by atoms with E-state index >= 15 is 0 Å². The summed E-state index contributed by atoms with van der Waals surface area (Å²) < 4.78 is 5.87. The first-order chi connectivity index (χ1) is 11.2. The minimum Gasteiger partial charge on any atom is -0.374 e. The van der Waals surface area contributed by atoms with Gasteiger partial charge in [-0.2, -0.15) is 11.8 Å². The minimum atomic E-state index is 0.217. The molecule has 1 fully saturated rings. The number of ether oxygens (including phenoxy) is 1. The first-order valence-electron chi connectivity index (χ1n) is 9.00. The second-order valence-electron chi connectivity index (χ2n) is 6.49. The predicted molar refractivity (Wildman–Crippen MR) is 103 cm³/mol. The highest BCUT2D eigenvalue weighted by molar-refractivity contribution is 7.98. The summed E-state index contributed by atoms with van der Waals surface area (Å²) in [5, 5.41) is 6.74. The Morgan fingerprint density at radius 3 is 2.87 bits per heavy atom. The molecule has 1 aliphatic rings. The lowest BCUT2D eigenvalue weighted by molar-refractivity contribution is -0.0261. The van der Waals surface area contributed by atoms with Gasteiger partial charge in [-0.05, 0) is 37.7 Å². The maximum Gasteiger partial charge on any atom is 0.191 e. The van der Waals surface area contributed by atoms with Gasteiger partial charge in [0.15, 0.2) is 5.96 Å². The Bertz CT molecular complexity index is 326. The number of aliphatic imine (C=N–C) groups is 1. The lowest BCUT2D eigenvalue weighted by atomic mass is 10.2. The Labute approximate surface area is 147 Å². The van der Waals surface area contributed by atoms with Crippen molar-refractivity contribution in [3.8, 4) is 0 Å². The largest absolute Gasteiger partial charge is 0.374 e. The quantitative estimate of drug-likeness (QED) is 0.361. The molecule has 1 saturated heterocycles. The van der Waals surface area contributed by atoms with Gasteiger partial charge in [0.2, 0.25) is 0 Å². The van der Waals surface area contributed by atoms with Crippen LogP contribution in [-0.2, 0) is 4.74 Å². The maximum atomic E-state index is 5.87. The molecule has 0 bridgehead atoms. The first kappa shape index (κ1) is 20.6. The van der Waals surface area contributed by atoms with Crippen LogP contribution in [0.15, 0.2) is 4.99 Å². The van der Waals surface area contributed by atoms with Crippen molar-refractivity contribution < 1.29 is 4.74 Å². The van der Waals surface area contributed by atoms with Gasteiger partial charge in [-0.25, -0.2) is 0 Å². The van der Waals surface area contributed by atoms with Crippen LogP contribution in [0.25, 0.3) is 0 Å². The molecule has 2 N–H and O–H groups in total. The zero-order valence-electron chi connectivity index (χ0n) is 15.4. The molecular formula is C17H36N4OS. The van der Waals surface area contributed by atoms with Crippen LogP contribution < -0.4 is 10.6 Å². The van der Waals surface area contributed by atoms with Gasteiger partial charge in [0.25, 0.3) is 0 Å². The molecule has 6 heteroatoms. The Morgan fingerprint density at radius 2 is 2.17 bits per heavy atom. The highest BCUT2D eigenvalue weighted by Gasteiger charge is 2.20. The summed E-state index contributed by atoms with van der Waals surface area (Å²) in [5.41, 5.74) is 0. The monoisotopic (exact) mass is 344 g/mol. The summed E-state index contributed by atoms with van der Waals surface area (Å²) in [6, 6.07) is 0. The van der Waals surface area contributed by atoms with E-state index in [0.29, 0.717) is 5.92 Å². The molecule has 136 valence electrons. The van der Waals surface area contributed by atoms with Crippen molar-refractivity contribution in [1.82, 2.24) is 15.5 Å². The highest BCUT2D eigenvalue weighted by atomic mass is 32.2. The molecule has 1 unspecified atom stereocenters. The lowest BCUT2D eigenvalue weighted by Gasteiger charge is -2.33. The van der Waals surface area contributed by atoms with Crippen LogP contribution in [0.5, 0.6) is 0 Å². The number of nitrogens with zero attached hydrogens (tertiary/aromatic N) is 2. The fourth-order valence-corrected chi connectivity index (χ4v) is 3.18. The van der Waals surface area contributed by atoms with Crippen molar-refractivity contribution in [2.24, 2.45) is 10.9 Å². The fourth-order valence-electron chi connectivity index (χ4n) is 2.69. The highest BCUT2D eigenvalue weighted by Crippen LogP contribution is 2.08. The molecule has 0 aliphatic carbocycles. The molecule has 5 nitrogen and oxygen atoms in total. The van der Waals surface area contributed by atoms with Crippen molar-refractivity contribution in [3.63, 3.8) is 0 Å². The van der Waals surface area contributed by atoms with Crippen molar-refractivity contribution in [1.29, 1.82) is 0 Å². The van der Waals surface area contributed by atoms with E-state index in [0.717, 1.165) is 51.8 Å². The van der Waals surface area contributed by atoms with Crippen LogP contribution in [0, 0.1) is 5.92 Å². The van der Waals surface area contributed by atoms with Crippen molar-refractivity contribution >= 4 is 17.7 Å². The third kappa shape index (κ3) is 10.1. The van der Waals surface area contributed by atoms with Gasteiger partial charge in [-0.1, -0.05) is 13.8 Å². The number of thioether (sulfide) groups is 1. The molecule has 23 heavy (non-hydrogen) atoms. The van der Waals surface area contributed by atoms with Crippen LogP contribution in [-0.4, -0.2) is 74.8 Å². The number of rotatable bonds is 10. The van der Waals surface area contributed by atoms with E-state index < -0.39 is 0 Å². The van der Waals surface area contributed by atoms with Crippen molar-refractivity contribution in [2.45, 2.75) is 39.7 Å². The SMILES string of the molecule is CCNC(=NCC1CN(CC(C)C)CCO1)NCCCCSC. The normalized spacial score (nSPS) is 20.0. The summed E-state index contributed by atoms with van der Waals surface area (Å²) in [5.74, 6) is 2.86. The lowest BCUT2D eigenvalue weighted by Crippen LogP contribution is -2.46. The first-order valence-corrected chi connectivity index (χ1v) is 10.4. The smallest absolute Gasteiger partial charge is 0.191 e. The minimum absolute atomic E-state index is 0.217. The van der Waals surface area contributed by atoms with Crippen LogP contribution in [0.2, 0.25) is 0 Å². The average molecular weight is 345 g/mol. The summed E-state index contributed by atoms with van der Waals surface area (Å²) in [7, 11) is 0. The molecule has 0 radical (unpaired) electrons. The molecule has 0 aromatic rings.